The molecule has 0 saturated carbocycles. The van der Waals surface area contributed by atoms with Crippen molar-refractivity contribution in [1.29, 1.82) is 0 Å². The van der Waals surface area contributed by atoms with E-state index in [0.717, 1.165) is 19.3 Å². The Morgan fingerprint density at radius 1 is 0.857 bits per heavy atom. The molecule has 0 aromatic heterocycles. The molecule has 1 heterocycles. The van der Waals surface area contributed by atoms with Crippen molar-refractivity contribution >= 4 is 18.4 Å². The zero-order valence-electron chi connectivity index (χ0n) is 11.8. The van der Waals surface area contributed by atoms with Crippen LogP contribution in [0.2, 0.25) is 0 Å². The van der Waals surface area contributed by atoms with E-state index in [-0.39, 0.29) is 18.4 Å². The summed E-state index contributed by atoms with van der Waals surface area (Å²) in [5, 5.41) is 0. The van der Waals surface area contributed by atoms with Gasteiger partial charge in [0, 0.05) is 0 Å². The van der Waals surface area contributed by atoms with Gasteiger partial charge in [0.2, 0.25) is 0 Å². The van der Waals surface area contributed by atoms with E-state index in [0.29, 0.717) is 6.61 Å². The summed E-state index contributed by atoms with van der Waals surface area (Å²) < 4.78 is 5.27. The first-order valence-electron chi connectivity index (χ1n) is 7.04. The second-order valence-electron chi connectivity index (χ2n) is 5.49. The highest BCUT2D eigenvalue weighted by Crippen LogP contribution is 2.37. The van der Waals surface area contributed by atoms with Crippen molar-refractivity contribution in [1.82, 2.24) is 0 Å². The molecule has 0 radical (unpaired) electrons. The van der Waals surface area contributed by atoms with Gasteiger partial charge in [0.25, 0.3) is 0 Å². The maximum absolute atomic E-state index is 12.3. The van der Waals surface area contributed by atoms with Crippen LogP contribution < -0.4 is 0 Å². The molecule has 0 atom stereocenters. The van der Waals surface area contributed by atoms with Gasteiger partial charge in [-0.3, -0.25) is 4.79 Å². The van der Waals surface area contributed by atoms with E-state index >= 15 is 0 Å². The number of rotatable bonds is 4. The number of cyclic esters (lactones) is 1. The number of carbonyl (C=O) groups excluding carboxylic acids is 1. The SMILES string of the molecule is Cl.O=C1OCCC1(Cc1ccccc1)Cc1ccccc1. The summed E-state index contributed by atoms with van der Waals surface area (Å²) in [5.41, 5.74) is 1.99. The largest absolute Gasteiger partial charge is 0.465 e. The summed E-state index contributed by atoms with van der Waals surface area (Å²) in [6.45, 7) is 0.540. The number of hydrogen-bond acceptors (Lipinski definition) is 2. The first kappa shape index (κ1) is 15.6. The Bertz CT molecular complexity index is 539. The molecule has 3 heteroatoms. The van der Waals surface area contributed by atoms with Crippen LogP contribution in [0.15, 0.2) is 60.7 Å². The maximum Gasteiger partial charge on any atom is 0.312 e. The molecule has 0 amide bonds. The minimum Gasteiger partial charge on any atom is -0.465 e. The summed E-state index contributed by atoms with van der Waals surface area (Å²) >= 11 is 0. The molecule has 1 aliphatic rings. The Kier molecular flexibility index (Phi) is 5.03. The lowest BCUT2D eigenvalue weighted by molar-refractivity contribution is -0.146. The fourth-order valence-electron chi connectivity index (χ4n) is 2.95. The molecule has 1 aliphatic heterocycles. The van der Waals surface area contributed by atoms with E-state index in [4.69, 9.17) is 4.74 Å². The van der Waals surface area contributed by atoms with Gasteiger partial charge in [-0.25, -0.2) is 0 Å². The monoisotopic (exact) mass is 302 g/mol. The van der Waals surface area contributed by atoms with E-state index in [1.165, 1.54) is 11.1 Å². The minimum atomic E-state index is -0.400. The van der Waals surface area contributed by atoms with Gasteiger partial charge < -0.3 is 4.74 Å². The van der Waals surface area contributed by atoms with Crippen molar-refractivity contribution in [2.45, 2.75) is 19.3 Å². The number of ether oxygens (including phenoxy) is 1. The summed E-state index contributed by atoms with van der Waals surface area (Å²) in [4.78, 5) is 12.3. The average molecular weight is 303 g/mol. The molecule has 0 unspecified atom stereocenters. The molecule has 1 fully saturated rings. The third-order valence-corrected chi connectivity index (χ3v) is 4.02. The van der Waals surface area contributed by atoms with Crippen LogP contribution in [0, 0.1) is 5.41 Å². The molecule has 21 heavy (non-hydrogen) atoms. The fourth-order valence-corrected chi connectivity index (χ4v) is 2.95. The molecule has 1 saturated heterocycles. The quantitative estimate of drug-likeness (QED) is 0.802. The Morgan fingerprint density at radius 3 is 1.71 bits per heavy atom. The van der Waals surface area contributed by atoms with Gasteiger partial charge in [0.1, 0.15) is 0 Å². The molecule has 0 aliphatic carbocycles. The molecule has 3 rings (SSSR count). The Balaban J connectivity index is 0.00000161. The van der Waals surface area contributed by atoms with E-state index in [1.54, 1.807) is 0 Å². The van der Waals surface area contributed by atoms with E-state index in [2.05, 4.69) is 24.3 Å². The van der Waals surface area contributed by atoms with Crippen molar-refractivity contribution in [2.24, 2.45) is 5.41 Å². The molecular formula is C18H19ClO2. The van der Waals surface area contributed by atoms with Crippen LogP contribution in [0.1, 0.15) is 17.5 Å². The van der Waals surface area contributed by atoms with Gasteiger partial charge in [-0.05, 0) is 30.4 Å². The van der Waals surface area contributed by atoms with Crippen molar-refractivity contribution < 1.29 is 9.53 Å². The van der Waals surface area contributed by atoms with E-state index < -0.39 is 5.41 Å². The van der Waals surface area contributed by atoms with Crippen LogP contribution in [0.3, 0.4) is 0 Å². The third-order valence-electron chi connectivity index (χ3n) is 4.02. The lowest BCUT2D eigenvalue weighted by atomic mass is 9.75. The number of carbonyl (C=O) groups is 1. The molecule has 2 nitrogen and oxygen atoms in total. The molecule has 0 bridgehead atoms. The first-order chi connectivity index (χ1) is 9.78. The van der Waals surface area contributed by atoms with Crippen LogP contribution in [0.5, 0.6) is 0 Å². The molecule has 0 N–H and O–H groups in total. The van der Waals surface area contributed by atoms with E-state index in [1.807, 2.05) is 36.4 Å². The average Bonchev–Trinajstić information content (AvgIpc) is 2.82. The smallest absolute Gasteiger partial charge is 0.312 e. The summed E-state index contributed by atoms with van der Waals surface area (Å²) in [7, 11) is 0. The first-order valence-corrected chi connectivity index (χ1v) is 7.04. The highest BCUT2D eigenvalue weighted by Gasteiger charge is 2.44. The predicted molar refractivity (Wildman–Crippen MR) is 85.5 cm³/mol. The van der Waals surface area contributed by atoms with Gasteiger partial charge in [-0.1, -0.05) is 60.7 Å². The number of esters is 1. The number of benzene rings is 2. The van der Waals surface area contributed by atoms with Crippen molar-refractivity contribution in [2.75, 3.05) is 6.61 Å². The van der Waals surface area contributed by atoms with Crippen LogP contribution in [-0.2, 0) is 22.4 Å². The Hall–Kier alpha value is -1.80. The summed E-state index contributed by atoms with van der Waals surface area (Å²) in [6.07, 6.45) is 2.30. The minimum absolute atomic E-state index is 0. The summed E-state index contributed by atoms with van der Waals surface area (Å²) in [6, 6.07) is 20.4. The standard InChI is InChI=1S/C18H18O2.ClH/c19-17-18(11-12-20-17,13-15-7-3-1-4-8-15)14-16-9-5-2-6-10-16;/h1-10H,11-14H2;1H. The zero-order valence-corrected chi connectivity index (χ0v) is 12.6. The Labute approximate surface area is 131 Å². The Morgan fingerprint density at radius 2 is 1.33 bits per heavy atom. The van der Waals surface area contributed by atoms with Crippen LogP contribution >= 0.6 is 12.4 Å². The predicted octanol–water partition coefficient (Wildman–Crippen LogP) is 3.83. The van der Waals surface area contributed by atoms with Gasteiger partial charge in [0.15, 0.2) is 0 Å². The lowest BCUT2D eigenvalue weighted by Gasteiger charge is -2.25. The van der Waals surface area contributed by atoms with Crippen LogP contribution in [0.4, 0.5) is 0 Å². The van der Waals surface area contributed by atoms with Crippen LogP contribution in [0.25, 0.3) is 0 Å². The molecule has 2 aromatic carbocycles. The molecule has 110 valence electrons. The third kappa shape index (κ3) is 3.45. The van der Waals surface area contributed by atoms with Gasteiger partial charge in [0.05, 0.1) is 12.0 Å². The molecular weight excluding hydrogens is 284 g/mol. The number of halogens is 1. The highest BCUT2D eigenvalue weighted by molar-refractivity contribution is 5.85. The second kappa shape index (κ2) is 6.77. The normalized spacial score (nSPS) is 16.1. The molecule has 0 spiro atoms. The van der Waals surface area contributed by atoms with Gasteiger partial charge in [-0.15, -0.1) is 12.4 Å². The van der Waals surface area contributed by atoms with Gasteiger partial charge in [-0.2, -0.15) is 0 Å². The van der Waals surface area contributed by atoms with Crippen molar-refractivity contribution in [3.63, 3.8) is 0 Å². The number of hydrogen-bond donors (Lipinski definition) is 0. The van der Waals surface area contributed by atoms with Crippen molar-refractivity contribution in [3.8, 4) is 0 Å². The summed E-state index contributed by atoms with van der Waals surface area (Å²) in [5.74, 6) is -0.0507. The lowest BCUT2D eigenvalue weighted by Crippen LogP contribution is -2.31. The zero-order chi connectivity index (χ0) is 13.8. The van der Waals surface area contributed by atoms with Gasteiger partial charge >= 0.3 is 5.97 Å². The second-order valence-corrected chi connectivity index (χ2v) is 5.49. The fraction of sp³-hybridized carbons (Fsp3) is 0.278. The maximum atomic E-state index is 12.3. The highest BCUT2D eigenvalue weighted by atomic mass is 35.5. The van der Waals surface area contributed by atoms with E-state index in [9.17, 15) is 4.79 Å². The van der Waals surface area contributed by atoms with Crippen LogP contribution in [-0.4, -0.2) is 12.6 Å². The topological polar surface area (TPSA) is 26.3 Å². The van der Waals surface area contributed by atoms with Crippen molar-refractivity contribution in [3.05, 3.63) is 71.8 Å². The molecule has 2 aromatic rings.